The first-order valence-electron chi connectivity index (χ1n) is 6.92. The Balaban J connectivity index is 2.20. The molecule has 3 nitrogen and oxygen atoms in total. The van der Waals surface area contributed by atoms with E-state index in [0.717, 1.165) is 25.7 Å². The van der Waals surface area contributed by atoms with Gasteiger partial charge in [-0.25, -0.2) is 8.42 Å². The first-order chi connectivity index (χ1) is 9.82. The Kier molecular flexibility index (Phi) is 5.69. The van der Waals surface area contributed by atoms with E-state index >= 15 is 0 Å². The number of benzene rings is 1. The molecule has 7 heteroatoms. The third-order valence-corrected chi connectivity index (χ3v) is 6.22. The van der Waals surface area contributed by atoms with E-state index < -0.39 is 9.05 Å². The fraction of sp³-hybridized carbons (Fsp3) is 0.571. The van der Waals surface area contributed by atoms with E-state index in [9.17, 15) is 8.42 Å². The van der Waals surface area contributed by atoms with E-state index in [-0.39, 0.29) is 21.0 Å². The molecule has 0 N–H and O–H groups in total. The first kappa shape index (κ1) is 17.2. The first-order valence-corrected chi connectivity index (χ1v) is 9.98. The molecule has 1 saturated carbocycles. The van der Waals surface area contributed by atoms with Gasteiger partial charge in [-0.3, -0.25) is 0 Å². The van der Waals surface area contributed by atoms with E-state index in [2.05, 4.69) is 6.92 Å². The van der Waals surface area contributed by atoms with Crippen LogP contribution in [-0.2, 0) is 9.05 Å². The molecule has 0 aromatic heterocycles. The lowest BCUT2D eigenvalue weighted by Gasteiger charge is -2.29. The maximum atomic E-state index is 11.4. The van der Waals surface area contributed by atoms with Gasteiger partial charge in [0.25, 0.3) is 9.05 Å². The third-order valence-electron chi connectivity index (χ3n) is 3.88. The highest BCUT2D eigenvalue weighted by Gasteiger charge is 2.25. The van der Waals surface area contributed by atoms with E-state index in [4.69, 9.17) is 38.6 Å². The monoisotopic (exact) mass is 370 g/mol. The van der Waals surface area contributed by atoms with Crippen molar-refractivity contribution in [3.8, 4) is 5.75 Å². The fourth-order valence-corrected chi connectivity index (χ4v) is 4.47. The molecule has 21 heavy (non-hydrogen) atoms. The summed E-state index contributed by atoms with van der Waals surface area (Å²) >= 11 is 12.1. The van der Waals surface area contributed by atoms with Crippen molar-refractivity contribution < 1.29 is 13.2 Å². The van der Waals surface area contributed by atoms with Gasteiger partial charge in [0.2, 0.25) is 0 Å². The summed E-state index contributed by atoms with van der Waals surface area (Å²) in [4.78, 5) is -0.196. The zero-order chi connectivity index (χ0) is 15.6. The minimum absolute atomic E-state index is 0.0907. The van der Waals surface area contributed by atoms with Crippen LogP contribution in [-0.4, -0.2) is 14.5 Å². The van der Waals surface area contributed by atoms with Gasteiger partial charge in [-0.15, -0.1) is 0 Å². The van der Waals surface area contributed by atoms with Gasteiger partial charge in [-0.05, 0) is 37.3 Å². The van der Waals surface area contributed by atoms with Crippen molar-refractivity contribution in [1.82, 2.24) is 0 Å². The van der Waals surface area contributed by atoms with Crippen molar-refractivity contribution >= 4 is 42.9 Å². The maximum absolute atomic E-state index is 11.4. The summed E-state index contributed by atoms with van der Waals surface area (Å²) in [7, 11) is 1.39. The Morgan fingerprint density at radius 2 is 1.95 bits per heavy atom. The van der Waals surface area contributed by atoms with Crippen molar-refractivity contribution in [1.29, 1.82) is 0 Å². The van der Waals surface area contributed by atoms with Crippen LogP contribution >= 0.6 is 33.9 Å². The molecule has 0 amide bonds. The summed E-state index contributed by atoms with van der Waals surface area (Å²) in [6.07, 6.45) is 5.55. The van der Waals surface area contributed by atoms with Crippen LogP contribution in [0.5, 0.6) is 5.75 Å². The number of halogens is 3. The van der Waals surface area contributed by atoms with Crippen LogP contribution in [0.3, 0.4) is 0 Å². The molecule has 0 saturated heterocycles. The van der Waals surface area contributed by atoms with Crippen LogP contribution in [0.15, 0.2) is 17.0 Å². The van der Waals surface area contributed by atoms with Crippen LogP contribution < -0.4 is 4.74 Å². The van der Waals surface area contributed by atoms with E-state index in [0.29, 0.717) is 11.7 Å². The van der Waals surface area contributed by atoms with Crippen LogP contribution in [0.4, 0.5) is 0 Å². The maximum Gasteiger partial charge on any atom is 0.262 e. The van der Waals surface area contributed by atoms with Crippen molar-refractivity contribution in [2.75, 3.05) is 0 Å². The highest BCUT2D eigenvalue weighted by Crippen LogP contribution is 2.39. The van der Waals surface area contributed by atoms with Crippen LogP contribution in [0.25, 0.3) is 0 Å². The summed E-state index contributed by atoms with van der Waals surface area (Å²) in [5, 5.41) is 0.00373. The van der Waals surface area contributed by atoms with E-state index in [1.165, 1.54) is 18.6 Å². The number of rotatable bonds is 4. The molecule has 118 valence electrons. The molecule has 0 aliphatic heterocycles. The van der Waals surface area contributed by atoms with Gasteiger partial charge < -0.3 is 4.74 Å². The fourth-order valence-electron chi connectivity index (χ4n) is 2.69. The minimum Gasteiger partial charge on any atom is -0.489 e. The van der Waals surface area contributed by atoms with Crippen molar-refractivity contribution in [2.45, 2.75) is 50.0 Å². The highest BCUT2D eigenvalue weighted by atomic mass is 35.7. The van der Waals surface area contributed by atoms with Gasteiger partial charge in [0.1, 0.15) is 15.7 Å². The second kappa shape index (κ2) is 6.95. The predicted molar refractivity (Wildman–Crippen MR) is 86.2 cm³/mol. The molecule has 2 atom stereocenters. The predicted octanol–water partition coefficient (Wildman–Crippen LogP) is 5.27. The largest absolute Gasteiger partial charge is 0.489 e. The van der Waals surface area contributed by atoms with Gasteiger partial charge in [0, 0.05) is 10.7 Å². The normalized spacial score (nSPS) is 23.0. The molecule has 1 aromatic rings. The number of hydrogen-bond acceptors (Lipinski definition) is 3. The van der Waals surface area contributed by atoms with Crippen LogP contribution in [0.2, 0.25) is 10.0 Å². The SMILES string of the molecule is CCC1CCCC(Oc2ccc(S(=O)(=O)Cl)c(Cl)c2Cl)C1. The van der Waals surface area contributed by atoms with Crippen LogP contribution in [0.1, 0.15) is 39.0 Å². The van der Waals surface area contributed by atoms with E-state index in [1.54, 1.807) is 0 Å². The van der Waals surface area contributed by atoms with Crippen molar-refractivity contribution in [3.05, 3.63) is 22.2 Å². The molecule has 1 aliphatic carbocycles. The quantitative estimate of drug-likeness (QED) is 0.677. The highest BCUT2D eigenvalue weighted by molar-refractivity contribution is 8.13. The molecule has 0 heterocycles. The van der Waals surface area contributed by atoms with Gasteiger partial charge >= 0.3 is 0 Å². The molecular weight excluding hydrogens is 355 g/mol. The zero-order valence-corrected chi connectivity index (χ0v) is 14.7. The standard InChI is InChI=1S/C14H17Cl3O3S/c1-2-9-4-3-5-10(8-9)20-11-6-7-12(21(17,18)19)14(16)13(11)15/h6-7,9-10H,2-5,8H2,1H3. The van der Waals surface area contributed by atoms with Crippen molar-refractivity contribution in [2.24, 2.45) is 5.92 Å². The average molecular weight is 372 g/mol. The lowest BCUT2D eigenvalue weighted by atomic mass is 9.85. The Morgan fingerprint density at radius 3 is 2.57 bits per heavy atom. The topological polar surface area (TPSA) is 43.4 Å². The summed E-state index contributed by atoms with van der Waals surface area (Å²) in [5.41, 5.74) is 0. The van der Waals surface area contributed by atoms with Gasteiger partial charge in [0.15, 0.2) is 0 Å². The molecule has 0 bridgehead atoms. The molecule has 1 aliphatic rings. The number of hydrogen-bond donors (Lipinski definition) is 0. The lowest BCUT2D eigenvalue weighted by Crippen LogP contribution is -2.25. The molecule has 2 rings (SSSR count). The average Bonchev–Trinajstić information content (AvgIpc) is 2.43. The second-order valence-electron chi connectivity index (χ2n) is 5.31. The lowest BCUT2D eigenvalue weighted by molar-refractivity contribution is 0.122. The molecule has 2 unspecified atom stereocenters. The van der Waals surface area contributed by atoms with Crippen molar-refractivity contribution in [3.63, 3.8) is 0 Å². The van der Waals surface area contributed by atoms with Crippen LogP contribution in [0, 0.1) is 5.92 Å². The van der Waals surface area contributed by atoms with Gasteiger partial charge in [0.05, 0.1) is 11.1 Å². The Bertz CT molecular complexity index is 616. The molecule has 0 radical (unpaired) electrons. The molecule has 1 aromatic carbocycles. The zero-order valence-electron chi connectivity index (χ0n) is 11.6. The Hall–Kier alpha value is -0.160. The Morgan fingerprint density at radius 1 is 1.24 bits per heavy atom. The summed E-state index contributed by atoms with van der Waals surface area (Å²) in [6.45, 7) is 2.18. The molecular formula is C14H17Cl3O3S. The minimum atomic E-state index is -3.92. The smallest absolute Gasteiger partial charge is 0.262 e. The van der Waals surface area contributed by atoms with E-state index in [1.807, 2.05) is 0 Å². The van der Waals surface area contributed by atoms with Gasteiger partial charge in [-0.1, -0.05) is 43.0 Å². The summed E-state index contributed by atoms with van der Waals surface area (Å²) < 4.78 is 28.7. The summed E-state index contributed by atoms with van der Waals surface area (Å²) in [5.74, 6) is 1.08. The summed E-state index contributed by atoms with van der Waals surface area (Å²) in [6, 6.07) is 2.84. The molecule has 0 spiro atoms. The second-order valence-corrected chi connectivity index (χ2v) is 8.60. The Labute approximate surface area is 139 Å². The number of ether oxygens (including phenoxy) is 1. The van der Waals surface area contributed by atoms with Gasteiger partial charge in [-0.2, -0.15) is 0 Å². The molecule has 1 fully saturated rings. The third kappa shape index (κ3) is 4.19.